The van der Waals surface area contributed by atoms with Crippen LogP contribution in [0.15, 0.2) is 24.3 Å². The lowest BCUT2D eigenvalue weighted by molar-refractivity contribution is 0.441. The maximum absolute atomic E-state index is 6.20. The molecule has 0 radical (unpaired) electrons. The van der Waals surface area contributed by atoms with Crippen molar-refractivity contribution in [2.45, 2.75) is 50.5 Å². The highest BCUT2D eigenvalue weighted by Gasteiger charge is 2.28. The molecule has 1 aromatic heterocycles. The molecular formula is C21H34N10. The van der Waals surface area contributed by atoms with Gasteiger partial charge in [-0.05, 0) is 25.3 Å². The van der Waals surface area contributed by atoms with Crippen molar-refractivity contribution < 1.29 is 0 Å². The van der Waals surface area contributed by atoms with E-state index in [2.05, 4.69) is 46.5 Å². The summed E-state index contributed by atoms with van der Waals surface area (Å²) in [5.41, 5.74) is 27.2. The van der Waals surface area contributed by atoms with Crippen molar-refractivity contribution in [3.05, 3.63) is 35.4 Å². The summed E-state index contributed by atoms with van der Waals surface area (Å²) in [5, 5.41) is 3.34. The molecule has 10 heteroatoms. The number of aromatic nitrogens is 3. The molecule has 1 aromatic carbocycles. The number of nitrogens with one attached hydrogen (secondary N) is 1. The van der Waals surface area contributed by atoms with Gasteiger partial charge in [0.15, 0.2) is 0 Å². The fourth-order valence-electron chi connectivity index (χ4n) is 4.29. The minimum Gasteiger partial charge on any atom is -0.350 e. The molecule has 0 spiro atoms. The predicted molar refractivity (Wildman–Crippen MR) is 124 cm³/mol. The molecule has 10 nitrogen and oxygen atoms in total. The predicted octanol–water partition coefficient (Wildman–Crippen LogP) is -0.478. The van der Waals surface area contributed by atoms with Crippen LogP contribution in [-0.4, -0.2) is 65.3 Å². The monoisotopic (exact) mass is 426 g/mol. The second kappa shape index (κ2) is 9.31. The Morgan fingerprint density at radius 2 is 1.23 bits per heavy atom. The highest BCUT2D eigenvalue weighted by atomic mass is 15.4. The van der Waals surface area contributed by atoms with Crippen molar-refractivity contribution >= 4 is 17.8 Å². The number of aryl methyl sites for hydroxylation is 1. The molecule has 2 saturated heterocycles. The van der Waals surface area contributed by atoms with E-state index in [0.717, 1.165) is 18.4 Å². The number of nitrogens with zero attached hydrogens (tertiary/aromatic N) is 5. The molecule has 0 amide bonds. The molecule has 2 aliphatic heterocycles. The third kappa shape index (κ3) is 5.59. The SMILES string of the molecule is Cc1ccc(CNc2nc(N3CC(N)CC(N)C3)nc(N3CC(N)CC(N)C3)n2)cc1. The second-order valence-electron chi connectivity index (χ2n) is 8.92. The van der Waals surface area contributed by atoms with Crippen LogP contribution in [0, 0.1) is 6.92 Å². The molecular weight excluding hydrogens is 392 g/mol. The molecule has 0 saturated carbocycles. The topological polar surface area (TPSA) is 161 Å². The zero-order valence-electron chi connectivity index (χ0n) is 18.1. The van der Waals surface area contributed by atoms with E-state index in [0.29, 0.717) is 50.6 Å². The van der Waals surface area contributed by atoms with Crippen LogP contribution < -0.4 is 38.1 Å². The summed E-state index contributed by atoms with van der Waals surface area (Å²) in [6.45, 7) is 5.33. The average Bonchev–Trinajstić information content (AvgIpc) is 2.72. The van der Waals surface area contributed by atoms with E-state index < -0.39 is 0 Å². The lowest BCUT2D eigenvalue weighted by atomic mass is 10.0. The molecule has 4 rings (SSSR count). The summed E-state index contributed by atoms with van der Waals surface area (Å²) >= 11 is 0. The van der Waals surface area contributed by atoms with Crippen LogP contribution in [0.4, 0.5) is 17.8 Å². The summed E-state index contributed by atoms with van der Waals surface area (Å²) in [5.74, 6) is 1.67. The average molecular weight is 427 g/mol. The second-order valence-corrected chi connectivity index (χ2v) is 8.92. The fraction of sp³-hybridized carbons (Fsp3) is 0.571. The molecule has 168 valence electrons. The van der Waals surface area contributed by atoms with Crippen LogP contribution in [0.3, 0.4) is 0 Å². The van der Waals surface area contributed by atoms with Gasteiger partial charge in [-0.25, -0.2) is 0 Å². The van der Waals surface area contributed by atoms with Gasteiger partial charge < -0.3 is 38.1 Å². The van der Waals surface area contributed by atoms with Crippen LogP contribution in [0.25, 0.3) is 0 Å². The number of nitrogens with two attached hydrogens (primary N) is 4. The Kier molecular flexibility index (Phi) is 6.51. The van der Waals surface area contributed by atoms with Gasteiger partial charge in [0.25, 0.3) is 0 Å². The van der Waals surface area contributed by atoms with Crippen molar-refractivity contribution in [3.63, 3.8) is 0 Å². The summed E-state index contributed by atoms with van der Waals surface area (Å²) in [4.78, 5) is 18.2. The quantitative estimate of drug-likeness (QED) is 0.422. The third-order valence-corrected chi connectivity index (χ3v) is 5.78. The molecule has 9 N–H and O–H groups in total. The van der Waals surface area contributed by atoms with Gasteiger partial charge in [0.05, 0.1) is 0 Å². The van der Waals surface area contributed by atoms with Gasteiger partial charge in [0.2, 0.25) is 17.8 Å². The molecule has 2 aliphatic rings. The first kappa shape index (κ1) is 21.7. The minimum absolute atomic E-state index is 0.00948. The van der Waals surface area contributed by atoms with Gasteiger partial charge >= 0.3 is 0 Å². The van der Waals surface area contributed by atoms with Gasteiger partial charge in [-0.1, -0.05) is 29.8 Å². The molecule has 0 aliphatic carbocycles. The number of hydrogen-bond donors (Lipinski definition) is 5. The largest absolute Gasteiger partial charge is 0.350 e. The van der Waals surface area contributed by atoms with E-state index >= 15 is 0 Å². The number of rotatable bonds is 5. The third-order valence-electron chi connectivity index (χ3n) is 5.78. The van der Waals surface area contributed by atoms with Crippen LogP contribution in [0.5, 0.6) is 0 Å². The highest BCUT2D eigenvalue weighted by molar-refractivity contribution is 5.47. The van der Waals surface area contributed by atoms with Crippen LogP contribution in [0.2, 0.25) is 0 Å². The smallest absolute Gasteiger partial charge is 0.232 e. The van der Waals surface area contributed by atoms with E-state index in [-0.39, 0.29) is 24.2 Å². The van der Waals surface area contributed by atoms with Gasteiger partial charge in [-0.3, -0.25) is 0 Å². The van der Waals surface area contributed by atoms with Crippen LogP contribution >= 0.6 is 0 Å². The Hall–Kier alpha value is -2.53. The Balaban J connectivity index is 1.60. The van der Waals surface area contributed by atoms with Crippen LogP contribution in [-0.2, 0) is 6.54 Å². The fourth-order valence-corrected chi connectivity index (χ4v) is 4.29. The summed E-state index contributed by atoms with van der Waals surface area (Å²) in [7, 11) is 0. The van der Waals surface area contributed by atoms with Crippen LogP contribution in [0.1, 0.15) is 24.0 Å². The normalized spacial score (nSPS) is 26.7. The minimum atomic E-state index is -0.00948. The van der Waals surface area contributed by atoms with Gasteiger partial charge in [-0.2, -0.15) is 15.0 Å². The highest BCUT2D eigenvalue weighted by Crippen LogP contribution is 2.22. The lowest BCUT2D eigenvalue weighted by Crippen LogP contribution is -2.54. The maximum atomic E-state index is 6.20. The van der Waals surface area contributed by atoms with E-state index in [1.54, 1.807) is 0 Å². The van der Waals surface area contributed by atoms with E-state index in [1.807, 2.05) is 9.80 Å². The summed E-state index contributed by atoms with van der Waals surface area (Å²) in [6.07, 6.45) is 1.59. The van der Waals surface area contributed by atoms with Gasteiger partial charge in [0.1, 0.15) is 0 Å². The molecule has 2 fully saturated rings. The lowest BCUT2D eigenvalue weighted by Gasteiger charge is -2.37. The summed E-state index contributed by atoms with van der Waals surface area (Å²) < 4.78 is 0. The maximum Gasteiger partial charge on any atom is 0.232 e. The Morgan fingerprint density at radius 3 is 1.68 bits per heavy atom. The number of benzene rings is 1. The van der Waals surface area contributed by atoms with Crippen molar-refractivity contribution in [1.29, 1.82) is 0 Å². The first-order valence-corrected chi connectivity index (χ1v) is 10.9. The standard InChI is InChI=1S/C21H34N10/c1-13-2-4-14(5-3-13)8-26-19-27-20(30-9-15(22)6-16(23)10-30)29-21(28-19)31-11-17(24)7-18(25)12-31/h2-5,15-18H,6-12,22-25H2,1H3,(H,26,27,28,29). The van der Waals surface area contributed by atoms with Gasteiger partial charge in [-0.15, -0.1) is 0 Å². The Bertz CT molecular complexity index is 809. The molecule has 4 atom stereocenters. The Morgan fingerprint density at radius 1 is 0.774 bits per heavy atom. The van der Waals surface area contributed by atoms with E-state index in [4.69, 9.17) is 27.9 Å². The van der Waals surface area contributed by atoms with Crippen molar-refractivity contribution in [2.75, 3.05) is 41.3 Å². The van der Waals surface area contributed by atoms with Crippen molar-refractivity contribution in [2.24, 2.45) is 22.9 Å². The first-order valence-electron chi connectivity index (χ1n) is 10.9. The first-order chi connectivity index (χ1) is 14.9. The number of hydrogen-bond acceptors (Lipinski definition) is 10. The Labute approximate surface area is 183 Å². The zero-order valence-corrected chi connectivity index (χ0v) is 18.1. The van der Waals surface area contributed by atoms with Crippen molar-refractivity contribution in [1.82, 2.24) is 15.0 Å². The molecule has 0 bridgehead atoms. The van der Waals surface area contributed by atoms with Gasteiger partial charge in [0, 0.05) is 56.9 Å². The molecule has 31 heavy (non-hydrogen) atoms. The number of anilines is 3. The molecule has 2 aromatic rings. The summed E-state index contributed by atoms with van der Waals surface area (Å²) in [6, 6.07) is 8.33. The van der Waals surface area contributed by atoms with E-state index in [9.17, 15) is 0 Å². The number of piperidine rings is 2. The molecule has 4 unspecified atom stereocenters. The van der Waals surface area contributed by atoms with Crippen molar-refractivity contribution in [3.8, 4) is 0 Å². The zero-order chi connectivity index (χ0) is 22.0. The van der Waals surface area contributed by atoms with E-state index in [1.165, 1.54) is 5.56 Å². The molecule has 3 heterocycles.